The second-order valence-corrected chi connectivity index (χ2v) is 11.0. The molecule has 1 aliphatic carbocycles. The fraction of sp³-hybridized carbons (Fsp3) is 0.194. The zero-order valence-corrected chi connectivity index (χ0v) is 23.1. The number of amides is 1. The third-order valence-electron chi connectivity index (χ3n) is 6.48. The number of ether oxygens (including phenoxy) is 1. The van der Waals surface area contributed by atoms with Gasteiger partial charge in [0.2, 0.25) is 0 Å². The van der Waals surface area contributed by atoms with Crippen LogP contribution in [0.5, 0.6) is 5.75 Å². The number of halogens is 1. The van der Waals surface area contributed by atoms with Crippen molar-refractivity contribution in [1.29, 1.82) is 5.26 Å². The van der Waals surface area contributed by atoms with Gasteiger partial charge in [-0.3, -0.25) is 4.79 Å². The minimum absolute atomic E-state index is 0.0667. The van der Waals surface area contributed by atoms with Gasteiger partial charge in [-0.25, -0.2) is 4.99 Å². The molecule has 3 aromatic carbocycles. The number of nitrogens with zero attached hydrogens (tertiary/aromatic N) is 2. The van der Waals surface area contributed by atoms with E-state index in [1.165, 1.54) is 4.88 Å². The first kappa shape index (κ1) is 25.9. The smallest absolute Gasteiger partial charge is 0.254 e. The van der Waals surface area contributed by atoms with Crippen molar-refractivity contribution in [3.8, 4) is 11.8 Å². The van der Waals surface area contributed by atoms with E-state index in [1.807, 2.05) is 66.7 Å². The second kappa shape index (κ2) is 12.2. The molecule has 1 aliphatic rings. The number of benzene rings is 3. The molecule has 0 unspecified atom stereocenters. The molecule has 38 heavy (non-hydrogen) atoms. The summed E-state index contributed by atoms with van der Waals surface area (Å²) in [5.41, 5.74) is 5.28. The lowest BCUT2D eigenvalue weighted by molar-refractivity contribution is 0.0951. The van der Waals surface area contributed by atoms with Crippen molar-refractivity contribution in [3.63, 3.8) is 0 Å². The van der Waals surface area contributed by atoms with Crippen molar-refractivity contribution in [3.05, 3.63) is 116 Å². The number of nitriles is 1. The van der Waals surface area contributed by atoms with Crippen molar-refractivity contribution in [2.45, 2.75) is 38.8 Å². The third kappa shape index (κ3) is 6.04. The summed E-state index contributed by atoms with van der Waals surface area (Å²) in [6, 6.07) is 25.3. The number of carbonyl (C=O) groups excluding carboxylic acids is 1. The number of nitrogens with one attached hydrogen (secondary N) is 1. The maximum Gasteiger partial charge on any atom is 0.254 e. The molecule has 1 heterocycles. The van der Waals surface area contributed by atoms with Crippen LogP contribution >= 0.6 is 27.3 Å². The van der Waals surface area contributed by atoms with Gasteiger partial charge in [0.05, 0.1) is 21.7 Å². The fourth-order valence-electron chi connectivity index (χ4n) is 4.50. The van der Waals surface area contributed by atoms with Crippen molar-refractivity contribution < 1.29 is 9.53 Å². The van der Waals surface area contributed by atoms with Crippen molar-refractivity contribution in [1.82, 2.24) is 5.32 Å². The summed E-state index contributed by atoms with van der Waals surface area (Å²) in [6.07, 6.45) is 5.96. The Bertz CT molecular complexity index is 1520. The van der Waals surface area contributed by atoms with Crippen LogP contribution in [0, 0.1) is 11.3 Å². The van der Waals surface area contributed by atoms with Gasteiger partial charge in [0.1, 0.15) is 17.4 Å². The van der Waals surface area contributed by atoms with Crippen molar-refractivity contribution in [2.75, 3.05) is 0 Å². The molecule has 5 nitrogen and oxygen atoms in total. The topological polar surface area (TPSA) is 74.5 Å². The Morgan fingerprint density at radius 1 is 1.08 bits per heavy atom. The van der Waals surface area contributed by atoms with Crippen LogP contribution in [-0.2, 0) is 26.0 Å². The van der Waals surface area contributed by atoms with E-state index in [0.717, 1.165) is 57.4 Å². The number of fused-ring (bicyclic) bond motifs is 1. The lowest BCUT2D eigenvalue weighted by atomic mass is 9.95. The van der Waals surface area contributed by atoms with Gasteiger partial charge >= 0.3 is 0 Å². The number of carbonyl (C=O) groups is 1. The number of aryl methyl sites for hydroxylation is 1. The Kier molecular flexibility index (Phi) is 8.32. The number of hydrogen-bond donors (Lipinski definition) is 1. The molecule has 0 fully saturated rings. The third-order valence-corrected chi connectivity index (χ3v) is 8.30. The SMILES string of the molecule is N#Cc1ccccc1COc1ccc(C=Nc2sc3c(c2C(=O)NCc2ccccc2)CCCC3)cc1Br. The van der Waals surface area contributed by atoms with Crippen LogP contribution in [0.25, 0.3) is 0 Å². The highest BCUT2D eigenvalue weighted by Gasteiger charge is 2.25. The van der Waals surface area contributed by atoms with Crippen LogP contribution < -0.4 is 10.1 Å². The average molecular weight is 585 g/mol. The van der Waals surface area contributed by atoms with Gasteiger partial charge in [0.15, 0.2) is 0 Å². The highest BCUT2D eigenvalue weighted by molar-refractivity contribution is 9.10. The molecule has 1 amide bonds. The van der Waals surface area contributed by atoms with E-state index in [9.17, 15) is 10.1 Å². The summed E-state index contributed by atoms with van der Waals surface area (Å²) in [7, 11) is 0. The van der Waals surface area contributed by atoms with Crippen LogP contribution in [0.2, 0.25) is 0 Å². The molecule has 1 aromatic heterocycles. The van der Waals surface area contributed by atoms with Crippen LogP contribution in [0.15, 0.2) is 82.3 Å². The largest absolute Gasteiger partial charge is 0.488 e. The highest BCUT2D eigenvalue weighted by Crippen LogP contribution is 2.40. The van der Waals surface area contributed by atoms with Crippen LogP contribution in [0.4, 0.5) is 5.00 Å². The summed E-state index contributed by atoms with van der Waals surface area (Å²) >= 11 is 5.22. The first-order chi connectivity index (χ1) is 18.6. The molecule has 4 aromatic rings. The molecule has 0 aliphatic heterocycles. The standard InChI is InChI=1S/C31H26BrN3O2S/c32-26-16-22(14-15-27(26)37-20-24-11-5-4-10-23(24)17-33)19-35-31-29(25-12-6-7-13-28(25)38-31)30(36)34-18-21-8-2-1-3-9-21/h1-5,8-11,14-16,19H,6-7,12-13,18,20H2,(H,34,36). The Hall–Kier alpha value is -3.73. The minimum atomic E-state index is -0.0667. The zero-order valence-electron chi connectivity index (χ0n) is 20.7. The molecular formula is C31H26BrN3O2S. The van der Waals surface area contributed by atoms with E-state index in [-0.39, 0.29) is 5.91 Å². The predicted molar refractivity (Wildman–Crippen MR) is 155 cm³/mol. The first-order valence-electron chi connectivity index (χ1n) is 12.5. The number of thiophene rings is 1. The van der Waals surface area contributed by atoms with E-state index in [4.69, 9.17) is 9.73 Å². The Morgan fingerprint density at radius 2 is 1.87 bits per heavy atom. The predicted octanol–water partition coefficient (Wildman–Crippen LogP) is 7.52. The normalized spacial score (nSPS) is 12.6. The summed E-state index contributed by atoms with van der Waals surface area (Å²) < 4.78 is 6.75. The van der Waals surface area contributed by atoms with Crippen LogP contribution in [0.3, 0.4) is 0 Å². The Labute approximate surface area is 235 Å². The maximum atomic E-state index is 13.3. The molecule has 190 valence electrons. The molecule has 0 radical (unpaired) electrons. The molecule has 0 saturated heterocycles. The quantitative estimate of drug-likeness (QED) is 0.218. The summed E-state index contributed by atoms with van der Waals surface area (Å²) in [4.78, 5) is 19.3. The Balaban J connectivity index is 1.32. The fourth-order valence-corrected chi connectivity index (χ4v) is 6.24. The van der Waals surface area contributed by atoms with Gasteiger partial charge < -0.3 is 10.1 Å². The Morgan fingerprint density at radius 3 is 2.68 bits per heavy atom. The van der Waals surface area contributed by atoms with Crippen molar-refractivity contribution in [2.24, 2.45) is 4.99 Å². The number of hydrogen-bond acceptors (Lipinski definition) is 5. The second-order valence-electron chi connectivity index (χ2n) is 9.07. The van der Waals surface area contributed by atoms with Crippen LogP contribution in [0.1, 0.15) is 55.9 Å². The van der Waals surface area contributed by atoms with Gasteiger partial charge in [-0.2, -0.15) is 5.26 Å². The number of aliphatic imine (C=N–C) groups is 1. The van der Waals surface area contributed by atoms with Gasteiger partial charge in [-0.05, 0) is 82.6 Å². The van der Waals surface area contributed by atoms with E-state index < -0.39 is 0 Å². The maximum absolute atomic E-state index is 13.3. The molecule has 0 spiro atoms. The first-order valence-corrected chi connectivity index (χ1v) is 14.1. The zero-order chi connectivity index (χ0) is 26.3. The summed E-state index contributed by atoms with van der Waals surface area (Å²) in [5, 5.41) is 13.1. The van der Waals surface area contributed by atoms with Gasteiger partial charge in [0.25, 0.3) is 5.91 Å². The van der Waals surface area contributed by atoms with Gasteiger partial charge in [-0.15, -0.1) is 11.3 Å². The average Bonchev–Trinajstić information content (AvgIpc) is 3.33. The lowest BCUT2D eigenvalue weighted by Gasteiger charge is -2.13. The summed E-state index contributed by atoms with van der Waals surface area (Å²) in [6.45, 7) is 0.790. The number of rotatable bonds is 8. The van der Waals surface area contributed by atoms with Gasteiger partial charge in [-0.1, -0.05) is 48.5 Å². The van der Waals surface area contributed by atoms with E-state index in [1.54, 1.807) is 23.6 Å². The highest BCUT2D eigenvalue weighted by atomic mass is 79.9. The van der Waals surface area contributed by atoms with Crippen molar-refractivity contribution >= 4 is 44.4 Å². The van der Waals surface area contributed by atoms with Gasteiger partial charge in [0, 0.05) is 23.2 Å². The minimum Gasteiger partial charge on any atom is -0.488 e. The van der Waals surface area contributed by atoms with E-state index >= 15 is 0 Å². The molecule has 0 atom stereocenters. The summed E-state index contributed by atoms with van der Waals surface area (Å²) in [5.74, 6) is 0.616. The lowest BCUT2D eigenvalue weighted by Crippen LogP contribution is -2.24. The monoisotopic (exact) mass is 583 g/mol. The molecule has 0 bridgehead atoms. The molecule has 7 heteroatoms. The van der Waals surface area contributed by atoms with E-state index in [2.05, 4.69) is 27.3 Å². The van der Waals surface area contributed by atoms with E-state index in [0.29, 0.717) is 30.0 Å². The molecular weight excluding hydrogens is 558 g/mol. The molecule has 0 saturated carbocycles. The van der Waals surface area contributed by atoms with Crippen LogP contribution in [-0.4, -0.2) is 12.1 Å². The molecule has 5 rings (SSSR count). The molecule has 1 N–H and O–H groups in total.